The molecule has 5 N–H and O–H groups in total. The Morgan fingerprint density at radius 3 is 1.80 bits per heavy atom. The van der Waals surface area contributed by atoms with Crippen LogP contribution in [0.5, 0.6) is 0 Å². The van der Waals surface area contributed by atoms with Crippen molar-refractivity contribution in [1.82, 2.24) is 0 Å². The van der Waals surface area contributed by atoms with E-state index < -0.39 is 6.10 Å². The van der Waals surface area contributed by atoms with Crippen LogP contribution in [0.15, 0.2) is 24.3 Å². The van der Waals surface area contributed by atoms with Crippen molar-refractivity contribution in [3.8, 4) is 0 Å². The molecule has 0 heterocycles. The molecule has 0 aromatic carbocycles. The number of hydrogen-bond donors (Lipinski definition) is 4. The van der Waals surface area contributed by atoms with Crippen LogP contribution in [-0.2, 0) is 4.79 Å². The van der Waals surface area contributed by atoms with Crippen molar-refractivity contribution < 1.29 is 20.1 Å². The Morgan fingerprint density at radius 1 is 0.800 bits per heavy atom. The molecule has 1 amide bonds. The van der Waals surface area contributed by atoms with E-state index in [2.05, 4.69) is 0 Å². The average Bonchev–Trinajstić information content (AvgIpc) is 2.56. The number of amides is 1. The van der Waals surface area contributed by atoms with Crippen molar-refractivity contribution in [3.05, 3.63) is 24.3 Å². The SMILES string of the molecule is NC(=O)CCCC(O)/C=C\CC/C=C/C(O)CCCCCCCCO. The summed E-state index contributed by atoms with van der Waals surface area (Å²) in [5, 5.41) is 28.2. The van der Waals surface area contributed by atoms with E-state index in [-0.39, 0.29) is 18.6 Å². The van der Waals surface area contributed by atoms with Crippen molar-refractivity contribution in [1.29, 1.82) is 0 Å². The molecule has 25 heavy (non-hydrogen) atoms. The monoisotopic (exact) mass is 355 g/mol. The topological polar surface area (TPSA) is 104 Å². The smallest absolute Gasteiger partial charge is 0.217 e. The molecule has 0 saturated heterocycles. The van der Waals surface area contributed by atoms with Gasteiger partial charge in [-0.05, 0) is 38.5 Å². The van der Waals surface area contributed by atoms with Crippen molar-refractivity contribution in [2.24, 2.45) is 5.73 Å². The number of aliphatic hydroxyl groups is 3. The van der Waals surface area contributed by atoms with Crippen LogP contribution >= 0.6 is 0 Å². The van der Waals surface area contributed by atoms with E-state index in [0.717, 1.165) is 51.4 Å². The number of carbonyl (C=O) groups excluding carboxylic acids is 1. The molecule has 2 unspecified atom stereocenters. The Labute approximate surface area is 152 Å². The number of primary amides is 1. The molecule has 0 radical (unpaired) electrons. The predicted octanol–water partition coefficient (Wildman–Crippen LogP) is 2.98. The van der Waals surface area contributed by atoms with Gasteiger partial charge < -0.3 is 21.1 Å². The van der Waals surface area contributed by atoms with Gasteiger partial charge in [-0.3, -0.25) is 4.79 Å². The molecule has 146 valence electrons. The van der Waals surface area contributed by atoms with Crippen LogP contribution in [0.3, 0.4) is 0 Å². The number of unbranched alkanes of at least 4 members (excludes halogenated alkanes) is 6. The minimum absolute atomic E-state index is 0.285. The minimum Gasteiger partial charge on any atom is -0.396 e. The fraction of sp³-hybridized carbons (Fsp3) is 0.750. The third-order valence-electron chi connectivity index (χ3n) is 4.05. The quantitative estimate of drug-likeness (QED) is 0.238. The number of hydrogen-bond acceptors (Lipinski definition) is 4. The van der Waals surface area contributed by atoms with E-state index in [1.165, 1.54) is 6.42 Å². The molecule has 0 aliphatic heterocycles. The predicted molar refractivity (Wildman–Crippen MR) is 102 cm³/mol. The van der Waals surface area contributed by atoms with E-state index >= 15 is 0 Å². The highest BCUT2D eigenvalue weighted by Crippen LogP contribution is 2.10. The van der Waals surface area contributed by atoms with Gasteiger partial charge in [-0.15, -0.1) is 0 Å². The summed E-state index contributed by atoms with van der Waals surface area (Å²) in [5.74, 6) is -0.332. The average molecular weight is 356 g/mol. The maximum Gasteiger partial charge on any atom is 0.217 e. The molecule has 0 rings (SSSR count). The third-order valence-corrected chi connectivity index (χ3v) is 4.05. The van der Waals surface area contributed by atoms with Crippen LogP contribution < -0.4 is 5.73 Å². The lowest BCUT2D eigenvalue weighted by molar-refractivity contribution is -0.118. The maximum absolute atomic E-state index is 10.6. The summed E-state index contributed by atoms with van der Waals surface area (Å²) in [5.41, 5.74) is 5.05. The number of aliphatic hydroxyl groups excluding tert-OH is 3. The molecule has 0 aliphatic carbocycles. The molecule has 0 spiro atoms. The molecule has 0 aromatic rings. The molecule has 2 atom stereocenters. The molecule has 5 nitrogen and oxygen atoms in total. The molecule has 0 saturated carbocycles. The molecule has 0 aromatic heterocycles. The first-order valence-corrected chi connectivity index (χ1v) is 9.65. The van der Waals surface area contributed by atoms with Crippen molar-refractivity contribution in [2.45, 2.75) is 89.3 Å². The molecule has 0 bridgehead atoms. The first-order valence-electron chi connectivity index (χ1n) is 9.65. The highest BCUT2D eigenvalue weighted by molar-refractivity contribution is 5.73. The van der Waals surface area contributed by atoms with Crippen LogP contribution in [0.1, 0.15) is 77.0 Å². The first kappa shape index (κ1) is 23.8. The Balaban J connectivity index is 3.53. The zero-order valence-electron chi connectivity index (χ0n) is 15.5. The van der Waals surface area contributed by atoms with Crippen LogP contribution in [0.4, 0.5) is 0 Å². The van der Waals surface area contributed by atoms with Gasteiger partial charge in [0.05, 0.1) is 12.2 Å². The van der Waals surface area contributed by atoms with Crippen molar-refractivity contribution in [2.75, 3.05) is 6.61 Å². The third kappa shape index (κ3) is 19.0. The van der Waals surface area contributed by atoms with E-state index in [1.54, 1.807) is 6.08 Å². The summed E-state index contributed by atoms with van der Waals surface area (Å²) in [7, 11) is 0. The van der Waals surface area contributed by atoms with Crippen molar-refractivity contribution in [3.63, 3.8) is 0 Å². The standard InChI is InChI=1S/C20H37NO4/c21-20(25)16-11-15-19(24)14-9-5-4-8-13-18(23)12-7-3-1-2-6-10-17-22/h8-9,13-14,18-19,22-24H,1-7,10-12,15-17H2,(H2,21,25)/b13-8+,14-9-. The number of rotatable bonds is 17. The second kappa shape index (κ2) is 17.6. The summed E-state index contributed by atoms with van der Waals surface area (Å²) in [4.78, 5) is 10.6. The van der Waals surface area contributed by atoms with Gasteiger partial charge in [0.15, 0.2) is 0 Å². The van der Waals surface area contributed by atoms with E-state index in [1.807, 2.05) is 18.2 Å². The van der Waals surface area contributed by atoms with Gasteiger partial charge in [0.1, 0.15) is 0 Å². The Hall–Kier alpha value is -1.17. The van der Waals surface area contributed by atoms with Gasteiger partial charge in [-0.2, -0.15) is 0 Å². The molecule has 0 aliphatic rings. The summed E-state index contributed by atoms with van der Waals surface area (Å²) in [6.45, 7) is 0.285. The molecular formula is C20H37NO4. The van der Waals surface area contributed by atoms with Crippen LogP contribution in [0.2, 0.25) is 0 Å². The first-order chi connectivity index (χ1) is 12.1. The van der Waals surface area contributed by atoms with Gasteiger partial charge in [0.2, 0.25) is 5.91 Å². The van der Waals surface area contributed by atoms with E-state index in [9.17, 15) is 15.0 Å². The summed E-state index contributed by atoms with van der Waals surface area (Å²) < 4.78 is 0. The highest BCUT2D eigenvalue weighted by atomic mass is 16.3. The Kier molecular flexibility index (Phi) is 16.8. The summed E-state index contributed by atoms with van der Waals surface area (Å²) in [6, 6.07) is 0. The van der Waals surface area contributed by atoms with Crippen LogP contribution in [0.25, 0.3) is 0 Å². The number of allylic oxidation sites excluding steroid dienone is 2. The zero-order valence-corrected chi connectivity index (χ0v) is 15.5. The number of carbonyl (C=O) groups is 1. The summed E-state index contributed by atoms with van der Waals surface area (Å²) in [6.07, 6.45) is 17.0. The molecule has 0 fully saturated rings. The number of nitrogens with two attached hydrogens (primary N) is 1. The zero-order chi connectivity index (χ0) is 18.8. The van der Waals surface area contributed by atoms with Gasteiger partial charge in [0.25, 0.3) is 0 Å². The Bertz CT molecular complexity index is 369. The van der Waals surface area contributed by atoms with Crippen LogP contribution in [0, 0.1) is 0 Å². The minimum atomic E-state index is -0.522. The lowest BCUT2D eigenvalue weighted by Gasteiger charge is -2.05. The molecule has 5 heteroatoms. The van der Waals surface area contributed by atoms with Crippen molar-refractivity contribution >= 4 is 5.91 Å². The van der Waals surface area contributed by atoms with E-state index in [4.69, 9.17) is 10.8 Å². The molecular weight excluding hydrogens is 318 g/mol. The fourth-order valence-electron chi connectivity index (χ4n) is 2.55. The summed E-state index contributed by atoms with van der Waals surface area (Å²) >= 11 is 0. The highest BCUT2D eigenvalue weighted by Gasteiger charge is 2.01. The lowest BCUT2D eigenvalue weighted by atomic mass is 10.1. The second-order valence-corrected chi connectivity index (χ2v) is 6.56. The second-order valence-electron chi connectivity index (χ2n) is 6.56. The van der Waals surface area contributed by atoms with E-state index in [0.29, 0.717) is 19.3 Å². The Morgan fingerprint density at radius 2 is 1.28 bits per heavy atom. The maximum atomic E-state index is 10.6. The van der Waals surface area contributed by atoms with Gasteiger partial charge >= 0.3 is 0 Å². The normalized spacial score (nSPS) is 14.4. The van der Waals surface area contributed by atoms with Gasteiger partial charge in [0, 0.05) is 13.0 Å². The van der Waals surface area contributed by atoms with Gasteiger partial charge in [-0.1, -0.05) is 56.4 Å². The largest absolute Gasteiger partial charge is 0.396 e. The van der Waals surface area contributed by atoms with Crippen LogP contribution in [-0.4, -0.2) is 40.0 Å². The lowest BCUT2D eigenvalue weighted by Crippen LogP contribution is -2.11. The van der Waals surface area contributed by atoms with Gasteiger partial charge in [-0.25, -0.2) is 0 Å². The fourth-order valence-corrected chi connectivity index (χ4v) is 2.55.